The van der Waals surface area contributed by atoms with E-state index in [0.29, 0.717) is 19.7 Å². The van der Waals surface area contributed by atoms with Crippen LogP contribution < -0.4 is 0 Å². The maximum Gasteiger partial charge on any atom is 0.305 e. The Bertz CT molecular complexity index is 398. The molecule has 2 aliphatic rings. The second-order valence-corrected chi connectivity index (χ2v) is 5.03. The molecule has 2 fully saturated rings. The molecule has 2 heterocycles. The summed E-state index contributed by atoms with van der Waals surface area (Å²) in [4.78, 5) is 37.8. The molecule has 7 nitrogen and oxygen atoms in total. The number of nitrogens with zero attached hydrogens (tertiary/aromatic N) is 2. The van der Waals surface area contributed by atoms with E-state index in [-0.39, 0.29) is 37.2 Å². The van der Waals surface area contributed by atoms with Gasteiger partial charge in [-0.1, -0.05) is 0 Å². The van der Waals surface area contributed by atoms with Crippen molar-refractivity contribution in [2.75, 3.05) is 33.4 Å². The van der Waals surface area contributed by atoms with Gasteiger partial charge in [0.1, 0.15) is 0 Å². The van der Waals surface area contributed by atoms with Gasteiger partial charge >= 0.3 is 5.97 Å². The number of morpholine rings is 1. The van der Waals surface area contributed by atoms with E-state index in [9.17, 15) is 14.4 Å². The summed E-state index contributed by atoms with van der Waals surface area (Å²) in [7, 11) is 1.67. The van der Waals surface area contributed by atoms with E-state index < -0.39 is 12.0 Å². The first kappa shape index (κ1) is 13.8. The summed E-state index contributed by atoms with van der Waals surface area (Å²) in [6, 6.07) is -0.431. The number of likely N-dealkylation sites (tertiary alicyclic amines) is 1. The van der Waals surface area contributed by atoms with Crippen molar-refractivity contribution in [2.24, 2.45) is 5.92 Å². The van der Waals surface area contributed by atoms with Gasteiger partial charge in [-0.15, -0.1) is 0 Å². The fourth-order valence-electron chi connectivity index (χ4n) is 2.58. The summed E-state index contributed by atoms with van der Waals surface area (Å²) >= 11 is 0. The average Bonchev–Trinajstić information content (AvgIpc) is 2.69. The molecule has 2 atom stereocenters. The molecule has 0 aromatic rings. The van der Waals surface area contributed by atoms with Crippen LogP contribution in [0.25, 0.3) is 0 Å². The first-order chi connectivity index (χ1) is 8.99. The summed E-state index contributed by atoms with van der Waals surface area (Å²) < 4.78 is 5.23. The lowest BCUT2D eigenvalue weighted by Crippen LogP contribution is -2.51. The molecule has 2 unspecified atom stereocenters. The number of hydrogen-bond acceptors (Lipinski definition) is 4. The van der Waals surface area contributed by atoms with Gasteiger partial charge in [0.05, 0.1) is 31.6 Å². The van der Waals surface area contributed by atoms with Crippen LogP contribution in [0.3, 0.4) is 0 Å². The van der Waals surface area contributed by atoms with Crippen LogP contribution in [0.5, 0.6) is 0 Å². The van der Waals surface area contributed by atoms with E-state index in [0.717, 1.165) is 0 Å². The number of hydrogen-bond donors (Lipinski definition) is 1. The van der Waals surface area contributed by atoms with Gasteiger partial charge in [-0.3, -0.25) is 14.4 Å². The van der Waals surface area contributed by atoms with E-state index in [4.69, 9.17) is 9.84 Å². The number of amides is 2. The molecule has 2 aliphatic heterocycles. The van der Waals surface area contributed by atoms with Crippen LogP contribution in [0, 0.1) is 5.92 Å². The number of carboxylic acid groups (broad SMARTS) is 1. The first-order valence-electron chi connectivity index (χ1n) is 6.33. The first-order valence-corrected chi connectivity index (χ1v) is 6.33. The predicted molar refractivity (Wildman–Crippen MR) is 64.3 cm³/mol. The maximum atomic E-state index is 12.4. The molecule has 1 N–H and O–H groups in total. The molecule has 0 saturated carbocycles. The molecule has 0 aliphatic carbocycles. The zero-order valence-electron chi connectivity index (χ0n) is 10.9. The van der Waals surface area contributed by atoms with Gasteiger partial charge in [-0.25, -0.2) is 0 Å². The maximum absolute atomic E-state index is 12.4. The van der Waals surface area contributed by atoms with Gasteiger partial charge in [0.2, 0.25) is 11.8 Å². The second kappa shape index (κ2) is 5.56. The Balaban J connectivity index is 2.03. The van der Waals surface area contributed by atoms with Gasteiger partial charge in [0.15, 0.2) is 0 Å². The van der Waals surface area contributed by atoms with Crippen LogP contribution in [0.4, 0.5) is 0 Å². The minimum atomic E-state index is -0.951. The van der Waals surface area contributed by atoms with E-state index in [1.165, 1.54) is 4.90 Å². The number of carboxylic acids is 1. The fourth-order valence-corrected chi connectivity index (χ4v) is 2.58. The number of ether oxygens (including phenoxy) is 1. The standard InChI is InChI=1S/C12H18N2O5/c1-13-6-8(4-10(13)15)12(18)14-2-3-19-7-9(14)5-11(16)17/h8-9H,2-7H2,1H3,(H,16,17). The van der Waals surface area contributed by atoms with E-state index in [1.807, 2.05) is 0 Å². The van der Waals surface area contributed by atoms with Gasteiger partial charge < -0.3 is 19.6 Å². The molecule has 2 amide bonds. The van der Waals surface area contributed by atoms with E-state index in [1.54, 1.807) is 11.9 Å². The van der Waals surface area contributed by atoms with Crippen molar-refractivity contribution in [1.82, 2.24) is 9.80 Å². The molecule has 0 bridgehead atoms. The number of carbonyl (C=O) groups is 3. The summed E-state index contributed by atoms with van der Waals surface area (Å²) in [5, 5.41) is 8.86. The quantitative estimate of drug-likeness (QED) is 0.723. The van der Waals surface area contributed by atoms with E-state index >= 15 is 0 Å². The largest absolute Gasteiger partial charge is 0.481 e. The van der Waals surface area contributed by atoms with Gasteiger partial charge in [-0.05, 0) is 0 Å². The highest BCUT2D eigenvalue weighted by molar-refractivity contribution is 5.89. The number of rotatable bonds is 3. The van der Waals surface area contributed by atoms with Crippen molar-refractivity contribution in [3.63, 3.8) is 0 Å². The molecular weight excluding hydrogens is 252 g/mol. The third-order valence-electron chi connectivity index (χ3n) is 3.61. The highest BCUT2D eigenvalue weighted by Crippen LogP contribution is 2.22. The van der Waals surface area contributed by atoms with Crippen molar-refractivity contribution in [2.45, 2.75) is 18.9 Å². The number of carbonyl (C=O) groups excluding carboxylic acids is 2. The summed E-state index contributed by atoms with van der Waals surface area (Å²) in [6.45, 7) is 1.47. The molecular formula is C12H18N2O5. The molecule has 0 aromatic carbocycles. The topological polar surface area (TPSA) is 87.2 Å². The lowest BCUT2D eigenvalue weighted by atomic mass is 10.0. The van der Waals surface area contributed by atoms with Crippen molar-refractivity contribution >= 4 is 17.8 Å². The van der Waals surface area contributed by atoms with Crippen molar-refractivity contribution in [1.29, 1.82) is 0 Å². The van der Waals surface area contributed by atoms with Crippen LogP contribution in [0.2, 0.25) is 0 Å². The van der Waals surface area contributed by atoms with Crippen LogP contribution >= 0.6 is 0 Å². The zero-order valence-corrected chi connectivity index (χ0v) is 10.9. The average molecular weight is 270 g/mol. The van der Waals surface area contributed by atoms with Gasteiger partial charge in [0, 0.05) is 26.6 Å². The Labute approximate surface area is 111 Å². The Kier molecular flexibility index (Phi) is 4.04. The monoisotopic (exact) mass is 270 g/mol. The van der Waals surface area contributed by atoms with E-state index in [2.05, 4.69) is 0 Å². The third kappa shape index (κ3) is 3.04. The predicted octanol–water partition coefficient (Wildman–Crippen LogP) is -0.833. The molecule has 2 saturated heterocycles. The minimum absolute atomic E-state index is 0.0404. The number of aliphatic carboxylic acids is 1. The highest BCUT2D eigenvalue weighted by Gasteiger charge is 2.38. The van der Waals surface area contributed by atoms with Crippen LogP contribution in [-0.4, -0.2) is 72.1 Å². The fraction of sp³-hybridized carbons (Fsp3) is 0.750. The summed E-state index contributed by atoms with van der Waals surface area (Å²) in [6.07, 6.45) is 0.0920. The Morgan fingerprint density at radius 1 is 1.47 bits per heavy atom. The zero-order chi connectivity index (χ0) is 14.0. The molecule has 0 aromatic heterocycles. The summed E-state index contributed by atoms with van der Waals surface area (Å²) in [5.74, 6) is -1.48. The molecule has 19 heavy (non-hydrogen) atoms. The molecule has 0 spiro atoms. The lowest BCUT2D eigenvalue weighted by molar-refractivity contribution is -0.149. The Morgan fingerprint density at radius 3 is 2.79 bits per heavy atom. The minimum Gasteiger partial charge on any atom is -0.481 e. The van der Waals surface area contributed by atoms with Gasteiger partial charge in [-0.2, -0.15) is 0 Å². The molecule has 7 heteroatoms. The molecule has 0 radical (unpaired) electrons. The summed E-state index contributed by atoms with van der Waals surface area (Å²) in [5.41, 5.74) is 0. The van der Waals surface area contributed by atoms with Gasteiger partial charge in [0.25, 0.3) is 0 Å². The normalized spacial score (nSPS) is 27.7. The lowest BCUT2D eigenvalue weighted by Gasteiger charge is -2.36. The Morgan fingerprint density at radius 2 is 2.21 bits per heavy atom. The van der Waals surface area contributed by atoms with Crippen molar-refractivity contribution in [3.05, 3.63) is 0 Å². The highest BCUT2D eigenvalue weighted by atomic mass is 16.5. The Hall–Kier alpha value is -1.63. The third-order valence-corrected chi connectivity index (χ3v) is 3.61. The van der Waals surface area contributed by atoms with Crippen molar-refractivity contribution < 1.29 is 24.2 Å². The smallest absolute Gasteiger partial charge is 0.305 e. The van der Waals surface area contributed by atoms with Crippen LogP contribution in [0.1, 0.15) is 12.8 Å². The second-order valence-electron chi connectivity index (χ2n) is 5.03. The van der Waals surface area contributed by atoms with Crippen LogP contribution in [-0.2, 0) is 19.1 Å². The SMILES string of the molecule is CN1CC(C(=O)N2CCOCC2CC(=O)O)CC1=O. The molecule has 2 rings (SSSR count). The van der Waals surface area contributed by atoms with Crippen LogP contribution in [0.15, 0.2) is 0 Å². The molecule has 106 valence electrons. The van der Waals surface area contributed by atoms with Crippen molar-refractivity contribution in [3.8, 4) is 0 Å².